The zero-order chi connectivity index (χ0) is 16.7. The molecule has 23 heavy (non-hydrogen) atoms. The lowest BCUT2D eigenvalue weighted by Gasteiger charge is -2.05. The van der Waals surface area contributed by atoms with Crippen LogP contribution < -0.4 is 4.74 Å². The normalized spacial score (nSPS) is 10.9. The highest BCUT2D eigenvalue weighted by Crippen LogP contribution is 2.15. The van der Waals surface area contributed by atoms with Gasteiger partial charge in [-0.25, -0.2) is 0 Å². The van der Waals surface area contributed by atoms with Crippen LogP contribution in [0.25, 0.3) is 6.08 Å². The van der Waals surface area contributed by atoms with Gasteiger partial charge in [-0.05, 0) is 55.3 Å². The quantitative estimate of drug-likeness (QED) is 0.436. The third kappa shape index (κ3) is 5.08. The molecule has 0 aliphatic heterocycles. The van der Waals surface area contributed by atoms with Crippen molar-refractivity contribution in [1.82, 2.24) is 0 Å². The average molecular weight is 310 g/mol. The molecule has 0 atom stereocenters. The molecule has 3 heteroatoms. The van der Waals surface area contributed by atoms with Crippen LogP contribution in [0.1, 0.15) is 27.0 Å². The smallest absolute Gasteiger partial charge is 0.185 e. The molecular formula is C20H22O3. The van der Waals surface area contributed by atoms with Crippen molar-refractivity contribution in [1.29, 1.82) is 0 Å². The average Bonchev–Trinajstić information content (AvgIpc) is 2.55. The van der Waals surface area contributed by atoms with Crippen LogP contribution in [-0.2, 0) is 4.74 Å². The summed E-state index contributed by atoms with van der Waals surface area (Å²) in [6, 6.07) is 13.3. The van der Waals surface area contributed by atoms with Crippen molar-refractivity contribution in [2.45, 2.75) is 13.8 Å². The van der Waals surface area contributed by atoms with Crippen molar-refractivity contribution in [2.75, 3.05) is 20.3 Å². The molecule has 0 radical (unpaired) electrons. The van der Waals surface area contributed by atoms with Gasteiger partial charge in [-0.2, -0.15) is 0 Å². The molecule has 0 N–H and O–H groups in total. The van der Waals surface area contributed by atoms with Gasteiger partial charge in [0.25, 0.3) is 0 Å². The number of ether oxygens (including phenoxy) is 2. The van der Waals surface area contributed by atoms with Gasteiger partial charge in [-0.3, -0.25) is 4.79 Å². The highest BCUT2D eigenvalue weighted by atomic mass is 16.5. The van der Waals surface area contributed by atoms with E-state index < -0.39 is 0 Å². The van der Waals surface area contributed by atoms with E-state index in [-0.39, 0.29) is 5.78 Å². The van der Waals surface area contributed by atoms with Crippen LogP contribution in [0.3, 0.4) is 0 Å². The largest absolute Gasteiger partial charge is 0.491 e. The molecule has 0 aliphatic rings. The maximum Gasteiger partial charge on any atom is 0.185 e. The fourth-order valence-corrected chi connectivity index (χ4v) is 2.23. The Balaban J connectivity index is 2.01. The fourth-order valence-electron chi connectivity index (χ4n) is 2.23. The van der Waals surface area contributed by atoms with E-state index >= 15 is 0 Å². The molecule has 0 unspecified atom stereocenters. The summed E-state index contributed by atoms with van der Waals surface area (Å²) in [6.45, 7) is 5.14. The second-order valence-corrected chi connectivity index (χ2v) is 5.42. The van der Waals surface area contributed by atoms with Gasteiger partial charge < -0.3 is 9.47 Å². The molecule has 0 aliphatic carbocycles. The SMILES string of the molecule is COCCOc1ccc(C(=O)/C=C/c2ccc(C)cc2C)cc1. The minimum atomic E-state index is -0.0200. The summed E-state index contributed by atoms with van der Waals surface area (Å²) in [5, 5.41) is 0. The molecule has 2 aromatic rings. The van der Waals surface area contributed by atoms with Crippen LogP contribution in [0, 0.1) is 13.8 Å². The van der Waals surface area contributed by atoms with Gasteiger partial charge in [-0.15, -0.1) is 0 Å². The molecule has 0 amide bonds. The minimum Gasteiger partial charge on any atom is -0.491 e. The second kappa shape index (κ2) is 8.30. The molecule has 0 aromatic heterocycles. The van der Waals surface area contributed by atoms with E-state index in [1.807, 2.05) is 25.1 Å². The lowest BCUT2D eigenvalue weighted by atomic mass is 10.0. The van der Waals surface area contributed by atoms with E-state index in [9.17, 15) is 4.79 Å². The van der Waals surface area contributed by atoms with E-state index in [0.29, 0.717) is 18.8 Å². The third-order valence-electron chi connectivity index (χ3n) is 3.53. The summed E-state index contributed by atoms with van der Waals surface area (Å²) in [5.41, 5.74) is 4.08. The Labute approximate surface area is 137 Å². The highest BCUT2D eigenvalue weighted by Gasteiger charge is 2.03. The van der Waals surface area contributed by atoms with Crippen LogP contribution in [0.5, 0.6) is 5.75 Å². The summed E-state index contributed by atoms with van der Waals surface area (Å²) in [5.74, 6) is 0.713. The maximum atomic E-state index is 12.2. The summed E-state index contributed by atoms with van der Waals surface area (Å²) in [6.07, 6.45) is 3.47. The van der Waals surface area contributed by atoms with Crippen molar-refractivity contribution in [3.8, 4) is 5.75 Å². The molecule has 0 saturated carbocycles. The van der Waals surface area contributed by atoms with Crippen molar-refractivity contribution in [2.24, 2.45) is 0 Å². The molecule has 2 aromatic carbocycles. The molecule has 0 spiro atoms. The summed E-state index contributed by atoms with van der Waals surface area (Å²) in [4.78, 5) is 12.2. The van der Waals surface area contributed by atoms with E-state index in [1.165, 1.54) is 5.56 Å². The molecule has 0 heterocycles. The zero-order valence-corrected chi connectivity index (χ0v) is 13.8. The number of hydrogen-bond donors (Lipinski definition) is 0. The lowest BCUT2D eigenvalue weighted by Crippen LogP contribution is -2.04. The first kappa shape index (κ1) is 17.0. The second-order valence-electron chi connectivity index (χ2n) is 5.42. The van der Waals surface area contributed by atoms with E-state index in [2.05, 4.69) is 13.0 Å². The Morgan fingerprint density at radius 3 is 2.43 bits per heavy atom. The van der Waals surface area contributed by atoms with E-state index in [0.717, 1.165) is 16.9 Å². The van der Waals surface area contributed by atoms with Gasteiger partial charge in [0.1, 0.15) is 12.4 Å². The number of hydrogen-bond acceptors (Lipinski definition) is 3. The molecular weight excluding hydrogens is 288 g/mol. The standard InChI is InChI=1S/C20H22O3/c1-15-4-5-17(16(2)14-15)8-11-20(21)18-6-9-19(10-7-18)23-13-12-22-3/h4-11,14H,12-13H2,1-3H3/b11-8+. The molecule has 120 valence electrons. The molecule has 2 rings (SSSR count). The van der Waals surface area contributed by atoms with Crippen molar-refractivity contribution >= 4 is 11.9 Å². The molecule has 0 bridgehead atoms. The Hall–Kier alpha value is -2.39. The van der Waals surface area contributed by atoms with Crippen molar-refractivity contribution in [3.05, 3.63) is 70.8 Å². The van der Waals surface area contributed by atoms with Crippen LogP contribution in [-0.4, -0.2) is 26.1 Å². The van der Waals surface area contributed by atoms with E-state index in [4.69, 9.17) is 9.47 Å². The number of allylic oxidation sites excluding steroid dienone is 1. The number of carbonyl (C=O) groups excluding carboxylic acids is 1. The van der Waals surface area contributed by atoms with Gasteiger partial charge in [0.2, 0.25) is 0 Å². The first-order valence-corrected chi connectivity index (χ1v) is 7.61. The van der Waals surface area contributed by atoms with Gasteiger partial charge >= 0.3 is 0 Å². The zero-order valence-electron chi connectivity index (χ0n) is 13.8. The number of methoxy groups -OCH3 is 1. The maximum absolute atomic E-state index is 12.2. The van der Waals surface area contributed by atoms with Gasteiger partial charge in [-0.1, -0.05) is 29.8 Å². The highest BCUT2D eigenvalue weighted by molar-refractivity contribution is 6.06. The van der Waals surface area contributed by atoms with Crippen molar-refractivity contribution < 1.29 is 14.3 Å². The predicted molar refractivity (Wildman–Crippen MR) is 93.1 cm³/mol. The number of carbonyl (C=O) groups is 1. The Morgan fingerprint density at radius 2 is 1.78 bits per heavy atom. The Bertz CT molecular complexity index is 685. The van der Waals surface area contributed by atoms with Gasteiger partial charge in [0.15, 0.2) is 5.78 Å². The Kier molecular flexibility index (Phi) is 6.12. The van der Waals surface area contributed by atoms with Crippen LogP contribution in [0.15, 0.2) is 48.5 Å². The first-order valence-electron chi connectivity index (χ1n) is 7.61. The number of ketones is 1. The van der Waals surface area contributed by atoms with Crippen LogP contribution in [0.2, 0.25) is 0 Å². The first-order chi connectivity index (χ1) is 11.1. The molecule has 0 saturated heterocycles. The van der Waals surface area contributed by atoms with Crippen molar-refractivity contribution in [3.63, 3.8) is 0 Å². The van der Waals surface area contributed by atoms with Gasteiger partial charge in [0.05, 0.1) is 6.61 Å². The minimum absolute atomic E-state index is 0.0200. The van der Waals surface area contributed by atoms with Gasteiger partial charge in [0, 0.05) is 12.7 Å². The summed E-state index contributed by atoms with van der Waals surface area (Å²) >= 11 is 0. The van der Waals surface area contributed by atoms with Crippen LogP contribution >= 0.6 is 0 Å². The Morgan fingerprint density at radius 1 is 1.04 bits per heavy atom. The summed E-state index contributed by atoms with van der Waals surface area (Å²) < 4.78 is 10.4. The van der Waals surface area contributed by atoms with Crippen LogP contribution in [0.4, 0.5) is 0 Å². The predicted octanol–water partition coefficient (Wildman–Crippen LogP) is 4.22. The summed E-state index contributed by atoms with van der Waals surface area (Å²) in [7, 11) is 1.63. The molecule has 3 nitrogen and oxygen atoms in total. The monoisotopic (exact) mass is 310 g/mol. The number of benzene rings is 2. The topological polar surface area (TPSA) is 35.5 Å². The third-order valence-corrected chi connectivity index (χ3v) is 3.53. The van der Waals surface area contributed by atoms with E-state index in [1.54, 1.807) is 37.5 Å². The number of aryl methyl sites for hydroxylation is 2. The lowest BCUT2D eigenvalue weighted by molar-refractivity contribution is 0.104. The molecule has 0 fully saturated rings. The fraction of sp³-hybridized carbons (Fsp3) is 0.250. The number of rotatable bonds is 7.